The van der Waals surface area contributed by atoms with E-state index in [1.54, 1.807) is 10.7 Å². The lowest BCUT2D eigenvalue weighted by Crippen LogP contribution is -2.05. The molecule has 0 bridgehead atoms. The molecular weight excluding hydrogens is 592 g/mol. The number of hydrogen-bond acceptors (Lipinski definition) is 4. The van der Waals surface area contributed by atoms with Crippen molar-refractivity contribution in [3.63, 3.8) is 0 Å². The number of halogens is 1. The topological polar surface area (TPSA) is 65.8 Å². The van der Waals surface area contributed by atoms with Gasteiger partial charge in [0.25, 0.3) is 0 Å². The van der Waals surface area contributed by atoms with E-state index in [-0.39, 0.29) is 0 Å². The van der Waals surface area contributed by atoms with Gasteiger partial charge in [-0.15, -0.1) is 0 Å². The highest BCUT2D eigenvalue weighted by Gasteiger charge is 2.27. The summed E-state index contributed by atoms with van der Waals surface area (Å²) in [5.41, 5.74) is 6.84. The summed E-state index contributed by atoms with van der Waals surface area (Å²) in [4.78, 5) is 19.0. The van der Waals surface area contributed by atoms with Gasteiger partial charge in [0.05, 0.1) is 28.2 Å². The summed E-state index contributed by atoms with van der Waals surface area (Å²) in [5, 5.41) is 6.44. The molecule has 0 aliphatic rings. The van der Waals surface area contributed by atoms with Crippen LogP contribution in [-0.2, 0) is 0 Å². The van der Waals surface area contributed by atoms with Crippen molar-refractivity contribution in [2.45, 2.75) is 0 Å². The second-order valence-electron chi connectivity index (χ2n) is 10.8. The van der Waals surface area contributed by atoms with Crippen molar-refractivity contribution in [1.29, 1.82) is 0 Å². The van der Waals surface area contributed by atoms with Gasteiger partial charge in [-0.3, -0.25) is 4.57 Å². The van der Waals surface area contributed by atoms with Crippen molar-refractivity contribution in [2.24, 2.45) is 0 Å². The molecule has 0 saturated carbocycles. The zero-order valence-electron chi connectivity index (χ0n) is 24.4. The van der Waals surface area contributed by atoms with E-state index in [1.165, 1.54) is 0 Å². The van der Waals surface area contributed by atoms with Crippen LogP contribution in [-0.4, -0.2) is 19.3 Å². The highest BCUT2D eigenvalue weighted by atomic mass is 35.5. The van der Waals surface area contributed by atoms with Gasteiger partial charge in [0, 0.05) is 33.4 Å². The van der Waals surface area contributed by atoms with Crippen LogP contribution >= 0.6 is 11.6 Å². The molecule has 0 aliphatic heterocycles. The lowest BCUT2D eigenvalue weighted by atomic mass is 10.0. The Balaban J connectivity index is 1.49. The van der Waals surface area contributed by atoms with Gasteiger partial charge >= 0.3 is 5.63 Å². The van der Waals surface area contributed by atoms with Gasteiger partial charge in [0.1, 0.15) is 17.1 Å². The van der Waals surface area contributed by atoms with E-state index in [0.29, 0.717) is 33.3 Å². The van der Waals surface area contributed by atoms with E-state index in [0.717, 1.165) is 39.3 Å². The molecule has 0 saturated heterocycles. The zero-order chi connectivity index (χ0) is 31.0. The minimum atomic E-state index is -0.477. The number of aromatic nitrogens is 4. The highest BCUT2D eigenvalue weighted by Crippen LogP contribution is 2.41. The summed E-state index contributed by atoms with van der Waals surface area (Å²) >= 11 is 6.37. The van der Waals surface area contributed by atoms with E-state index in [4.69, 9.17) is 26.1 Å². The van der Waals surface area contributed by atoms with E-state index in [2.05, 4.69) is 28.8 Å². The summed E-state index contributed by atoms with van der Waals surface area (Å²) in [6.07, 6.45) is 1.93. The third-order valence-corrected chi connectivity index (χ3v) is 8.18. The first kappa shape index (κ1) is 27.6. The Bertz CT molecular complexity index is 2380. The number of imidazole rings is 1. The fraction of sp³-hybridized carbons (Fsp3) is 0. The third-order valence-electron chi connectivity index (χ3n) is 7.93. The number of hydrogen-bond donors (Lipinski definition) is 0. The number of benzene rings is 5. The Labute approximate surface area is 269 Å². The molecule has 5 aromatic carbocycles. The van der Waals surface area contributed by atoms with Crippen LogP contribution in [0, 0.1) is 0 Å². The van der Waals surface area contributed by atoms with Gasteiger partial charge < -0.3 is 4.42 Å². The first-order valence-corrected chi connectivity index (χ1v) is 15.2. The molecule has 0 radical (unpaired) electrons. The summed E-state index contributed by atoms with van der Waals surface area (Å²) in [6.45, 7) is 0. The van der Waals surface area contributed by atoms with Gasteiger partial charge in [-0.1, -0.05) is 109 Å². The SMILES string of the molecule is O=c1oc2ccccc2cc1-c1nn(-c2ccccc2)cc1-c1nc(-c2ccccc2)c(-c2ccccc2)n1-c1ccc(Cl)cc1. The van der Waals surface area contributed by atoms with Crippen molar-refractivity contribution in [2.75, 3.05) is 0 Å². The van der Waals surface area contributed by atoms with Gasteiger partial charge in [0.2, 0.25) is 0 Å². The average Bonchev–Trinajstić information content (AvgIpc) is 3.72. The van der Waals surface area contributed by atoms with Gasteiger partial charge in [-0.25, -0.2) is 14.5 Å². The first-order chi connectivity index (χ1) is 22.6. The normalized spacial score (nSPS) is 11.2. The monoisotopic (exact) mass is 616 g/mol. The number of fused-ring (bicyclic) bond motifs is 1. The Morgan fingerprint density at radius 1 is 0.609 bits per heavy atom. The van der Waals surface area contributed by atoms with Gasteiger partial charge in [0.15, 0.2) is 0 Å². The van der Waals surface area contributed by atoms with Crippen molar-refractivity contribution in [3.05, 3.63) is 167 Å². The minimum Gasteiger partial charge on any atom is -0.422 e. The maximum atomic E-state index is 13.6. The number of rotatable bonds is 6. The molecule has 8 rings (SSSR count). The zero-order valence-corrected chi connectivity index (χ0v) is 25.2. The maximum absolute atomic E-state index is 13.6. The molecule has 0 N–H and O–H groups in total. The van der Waals surface area contributed by atoms with Crippen LogP contribution in [0.5, 0.6) is 0 Å². The standard InChI is InChI=1S/C39H25ClN4O2/c40-29-20-22-31(23-21-29)44-37(27-14-6-2-7-15-27)35(26-12-4-1-5-13-26)41-38(44)33-25-43(30-17-8-3-9-18-30)42-36(33)32-24-28-16-10-11-19-34(28)46-39(32)45/h1-25H. The molecule has 46 heavy (non-hydrogen) atoms. The second kappa shape index (κ2) is 11.5. The predicted molar refractivity (Wildman–Crippen MR) is 183 cm³/mol. The van der Waals surface area contributed by atoms with Gasteiger partial charge in [-0.2, -0.15) is 5.10 Å². The third kappa shape index (κ3) is 4.91. The largest absolute Gasteiger partial charge is 0.422 e. The van der Waals surface area contributed by atoms with E-state index in [1.807, 2.05) is 121 Å². The smallest absolute Gasteiger partial charge is 0.345 e. The van der Waals surface area contributed by atoms with Crippen LogP contribution in [0.25, 0.3) is 67.5 Å². The molecule has 3 aromatic heterocycles. The van der Waals surface area contributed by atoms with Crippen LogP contribution in [0.4, 0.5) is 0 Å². The van der Waals surface area contributed by atoms with E-state index in [9.17, 15) is 4.79 Å². The molecular formula is C39H25ClN4O2. The molecule has 220 valence electrons. The molecule has 0 amide bonds. The lowest BCUT2D eigenvalue weighted by Gasteiger charge is -2.14. The molecule has 0 atom stereocenters. The summed E-state index contributed by atoms with van der Waals surface area (Å²) in [7, 11) is 0. The first-order valence-electron chi connectivity index (χ1n) is 14.8. The molecule has 0 spiro atoms. The molecule has 8 aromatic rings. The molecule has 6 nitrogen and oxygen atoms in total. The fourth-order valence-electron chi connectivity index (χ4n) is 5.78. The summed E-state index contributed by atoms with van der Waals surface area (Å²) in [5.74, 6) is 0.616. The van der Waals surface area contributed by atoms with Crippen molar-refractivity contribution in [3.8, 4) is 56.5 Å². The number of para-hydroxylation sites is 2. The fourth-order valence-corrected chi connectivity index (χ4v) is 5.90. The van der Waals surface area contributed by atoms with Gasteiger partial charge in [-0.05, 0) is 48.5 Å². The summed E-state index contributed by atoms with van der Waals surface area (Å²) < 4.78 is 9.70. The molecule has 7 heteroatoms. The highest BCUT2D eigenvalue weighted by molar-refractivity contribution is 6.30. The van der Waals surface area contributed by atoms with Crippen molar-refractivity contribution < 1.29 is 4.42 Å². The van der Waals surface area contributed by atoms with E-state index < -0.39 is 5.63 Å². The Morgan fingerprint density at radius 3 is 1.96 bits per heavy atom. The number of nitrogens with zero attached hydrogens (tertiary/aromatic N) is 4. The molecule has 0 unspecified atom stereocenters. The molecule has 0 fully saturated rings. The summed E-state index contributed by atoms with van der Waals surface area (Å²) in [6, 6.07) is 47.1. The van der Waals surface area contributed by atoms with Crippen LogP contribution in [0.1, 0.15) is 0 Å². The van der Waals surface area contributed by atoms with Crippen molar-refractivity contribution >= 4 is 22.6 Å². The van der Waals surface area contributed by atoms with Crippen LogP contribution in [0.15, 0.2) is 161 Å². The quantitative estimate of drug-likeness (QED) is 0.175. The molecule has 0 aliphatic carbocycles. The lowest BCUT2D eigenvalue weighted by molar-refractivity contribution is 0.563. The second-order valence-corrected chi connectivity index (χ2v) is 11.3. The van der Waals surface area contributed by atoms with Crippen LogP contribution in [0.2, 0.25) is 5.02 Å². The Hall–Kier alpha value is -5.98. The predicted octanol–water partition coefficient (Wildman–Crippen LogP) is 9.49. The van der Waals surface area contributed by atoms with Crippen molar-refractivity contribution in [1.82, 2.24) is 19.3 Å². The Morgan fingerprint density at radius 2 is 1.24 bits per heavy atom. The minimum absolute atomic E-state index is 0.344. The van der Waals surface area contributed by atoms with E-state index >= 15 is 0 Å². The Kier molecular flexibility index (Phi) is 6.89. The van der Waals surface area contributed by atoms with Crippen LogP contribution < -0.4 is 5.63 Å². The van der Waals surface area contributed by atoms with Crippen LogP contribution in [0.3, 0.4) is 0 Å². The average molecular weight is 617 g/mol. The molecule has 3 heterocycles. The maximum Gasteiger partial charge on any atom is 0.345 e.